The molecule has 6 rings (SSSR count). The minimum atomic E-state index is -0.144. The molecule has 0 fully saturated rings. The first-order chi connectivity index (χ1) is 23.0. The predicted molar refractivity (Wildman–Crippen MR) is 218 cm³/mol. The Labute approximate surface area is 304 Å². The summed E-state index contributed by atoms with van der Waals surface area (Å²) in [6.07, 6.45) is 4.68. The number of imidazole rings is 1. The van der Waals surface area contributed by atoms with Gasteiger partial charge in [-0.15, -0.1) is 0 Å². The summed E-state index contributed by atoms with van der Waals surface area (Å²) < 4.78 is 5.38. The van der Waals surface area contributed by atoms with Gasteiger partial charge in [0, 0.05) is 21.8 Å². The molecule has 268 valence electrons. The van der Waals surface area contributed by atoms with E-state index < -0.39 is 0 Å². The summed E-state index contributed by atoms with van der Waals surface area (Å²) in [5.74, 6) is 1.88. The molecule has 5 aromatic rings. The van der Waals surface area contributed by atoms with Crippen LogP contribution in [0.5, 0.6) is 0 Å². The van der Waals surface area contributed by atoms with Crippen molar-refractivity contribution >= 4 is 27.3 Å². The normalized spacial score (nSPS) is 16.1. The van der Waals surface area contributed by atoms with Crippen LogP contribution in [0.15, 0.2) is 48.7 Å². The number of fused-ring (bicyclic) bond motifs is 3. The molecule has 0 bridgehead atoms. The van der Waals surface area contributed by atoms with Gasteiger partial charge < -0.3 is 0 Å². The maximum Gasteiger partial charge on any atom is 0.296 e. The zero-order valence-corrected chi connectivity index (χ0v) is 34.7. The van der Waals surface area contributed by atoms with Crippen LogP contribution >= 0.6 is 0 Å². The highest BCUT2D eigenvalue weighted by Crippen LogP contribution is 2.49. The van der Waals surface area contributed by atoms with Crippen LogP contribution in [0.4, 0.5) is 0 Å². The van der Waals surface area contributed by atoms with Gasteiger partial charge in [0.1, 0.15) is 17.3 Å². The Morgan fingerprint density at radius 1 is 0.700 bits per heavy atom. The summed E-state index contributed by atoms with van der Waals surface area (Å²) in [6.45, 7) is 41.0. The fourth-order valence-corrected chi connectivity index (χ4v) is 8.63. The van der Waals surface area contributed by atoms with E-state index in [4.69, 9.17) is 0 Å². The van der Waals surface area contributed by atoms with Crippen LogP contribution in [-0.2, 0) is 23.8 Å². The molecular formula is C48H67N2+. The second kappa shape index (κ2) is 12.0. The summed E-state index contributed by atoms with van der Waals surface area (Å²) in [5, 5.41) is 4.20. The molecule has 2 nitrogen and oxygen atoms in total. The average molecular weight is 672 g/mol. The average Bonchev–Trinajstić information content (AvgIpc) is 3.40. The van der Waals surface area contributed by atoms with Crippen molar-refractivity contribution in [3.05, 3.63) is 82.0 Å². The van der Waals surface area contributed by atoms with Crippen molar-refractivity contribution in [2.45, 2.75) is 159 Å². The van der Waals surface area contributed by atoms with E-state index in [1.54, 1.807) is 0 Å². The first-order valence-electron chi connectivity index (χ1n) is 19.7. The monoisotopic (exact) mass is 672 g/mol. The zero-order chi connectivity index (χ0) is 37.0. The molecule has 1 aliphatic heterocycles. The van der Waals surface area contributed by atoms with Crippen LogP contribution in [0.2, 0.25) is 0 Å². The first-order valence-corrected chi connectivity index (χ1v) is 19.7. The van der Waals surface area contributed by atoms with Crippen LogP contribution in [-0.4, -0.2) is 4.40 Å². The summed E-state index contributed by atoms with van der Waals surface area (Å²) >= 11 is 0. The molecule has 0 radical (unpaired) electrons. The highest BCUT2D eigenvalue weighted by molar-refractivity contribution is 6.14. The zero-order valence-electron chi connectivity index (χ0n) is 34.7. The van der Waals surface area contributed by atoms with Gasteiger partial charge in [-0.2, -0.15) is 4.40 Å². The highest BCUT2D eigenvalue weighted by Gasteiger charge is 2.51. The van der Waals surface area contributed by atoms with E-state index in [0.717, 1.165) is 12.8 Å². The quantitative estimate of drug-likeness (QED) is 0.115. The number of hydrogen-bond acceptors (Lipinski definition) is 0. The Morgan fingerprint density at radius 2 is 1.28 bits per heavy atom. The molecule has 0 amide bonds. The molecule has 2 heteroatoms. The fraction of sp³-hybridized carbons (Fsp3) is 0.562. The molecule has 0 saturated heterocycles. The molecule has 1 aliphatic rings. The Kier molecular flexibility index (Phi) is 8.77. The van der Waals surface area contributed by atoms with Gasteiger partial charge in [0.05, 0.1) is 5.39 Å². The lowest BCUT2D eigenvalue weighted by Crippen LogP contribution is -2.63. The molecular weight excluding hydrogens is 605 g/mol. The Balaban J connectivity index is 1.90. The topological polar surface area (TPSA) is 8.29 Å². The lowest BCUT2D eigenvalue weighted by Gasteiger charge is -2.42. The van der Waals surface area contributed by atoms with Crippen molar-refractivity contribution < 1.29 is 4.57 Å². The molecule has 3 aromatic carbocycles. The molecule has 0 unspecified atom stereocenters. The minimum absolute atomic E-state index is 0.0745. The number of rotatable bonds is 8. The maximum atomic E-state index is 2.71. The minimum Gasteiger partial charge on any atom is -0.223 e. The van der Waals surface area contributed by atoms with Gasteiger partial charge in [-0.25, -0.2) is 4.57 Å². The van der Waals surface area contributed by atoms with E-state index in [1.807, 2.05) is 0 Å². The molecule has 0 spiro atoms. The Morgan fingerprint density at radius 3 is 1.80 bits per heavy atom. The molecule has 0 aliphatic carbocycles. The summed E-state index contributed by atoms with van der Waals surface area (Å²) in [7, 11) is 0. The number of nitrogens with zero attached hydrogens (tertiary/aromatic N) is 2. The van der Waals surface area contributed by atoms with E-state index in [2.05, 4.69) is 175 Å². The molecule has 0 atom stereocenters. The molecule has 3 heterocycles. The highest BCUT2D eigenvalue weighted by atomic mass is 15.2. The largest absolute Gasteiger partial charge is 0.296 e. The van der Waals surface area contributed by atoms with Crippen molar-refractivity contribution in [1.29, 1.82) is 0 Å². The number of pyridine rings is 1. The molecule has 50 heavy (non-hydrogen) atoms. The second-order valence-electron chi connectivity index (χ2n) is 20.2. The summed E-state index contributed by atoms with van der Waals surface area (Å²) in [5.41, 5.74) is 14.5. The van der Waals surface area contributed by atoms with Gasteiger partial charge in [-0.05, 0) is 107 Å². The second-order valence-corrected chi connectivity index (χ2v) is 20.2. The summed E-state index contributed by atoms with van der Waals surface area (Å²) in [4.78, 5) is 0. The van der Waals surface area contributed by atoms with E-state index >= 15 is 0 Å². The third kappa shape index (κ3) is 5.63. The van der Waals surface area contributed by atoms with Crippen LogP contribution < -0.4 is 4.57 Å². The Bertz CT molecular complexity index is 2090. The van der Waals surface area contributed by atoms with Gasteiger partial charge in [-0.3, -0.25) is 0 Å². The SMILES string of the molecule is CC(C)c1cc(C(C)C)c(-c2c[n+]3c4c5c(cccc5c5cc(CC(C)(C)C(C)C)c(CC(C)(C)C)cc5n24)C(C)(C)C3(C)C)c(C(C)C)c1. The van der Waals surface area contributed by atoms with Crippen molar-refractivity contribution in [2.75, 3.05) is 0 Å². The van der Waals surface area contributed by atoms with Crippen molar-refractivity contribution in [3.63, 3.8) is 0 Å². The van der Waals surface area contributed by atoms with Gasteiger partial charge in [0.25, 0.3) is 5.65 Å². The number of aromatic nitrogens is 2. The maximum absolute atomic E-state index is 2.71. The van der Waals surface area contributed by atoms with Crippen molar-refractivity contribution in [1.82, 2.24) is 4.40 Å². The first kappa shape index (κ1) is 36.7. The predicted octanol–water partition coefficient (Wildman–Crippen LogP) is 13.4. The fourth-order valence-electron chi connectivity index (χ4n) is 8.63. The Hall–Kier alpha value is -3.13. The van der Waals surface area contributed by atoms with Gasteiger partial charge in [0.2, 0.25) is 0 Å². The lowest BCUT2D eigenvalue weighted by atomic mass is 9.66. The van der Waals surface area contributed by atoms with Crippen LogP contribution in [0.3, 0.4) is 0 Å². The van der Waals surface area contributed by atoms with E-state index in [1.165, 1.54) is 72.0 Å². The number of hydrogen-bond donors (Lipinski definition) is 0. The third-order valence-corrected chi connectivity index (χ3v) is 13.2. The van der Waals surface area contributed by atoms with Gasteiger partial charge in [-0.1, -0.05) is 134 Å². The summed E-state index contributed by atoms with van der Waals surface area (Å²) in [6, 6.07) is 17.4. The number of benzene rings is 3. The van der Waals surface area contributed by atoms with Crippen molar-refractivity contribution in [3.8, 4) is 11.3 Å². The van der Waals surface area contributed by atoms with Crippen molar-refractivity contribution in [2.24, 2.45) is 16.7 Å². The standard InChI is InChI=1S/C48H67N2/c1-28(2)32-21-36(29(3)4)42(37(22-32)30(5)6)41-27-49-44-43-35(19-18-20-39(43)47(14,15)48(49,16)17)38-23-33(26-46(12,13)31(7)8)34(25-45(9,10)11)24-40(38)50(41)44/h18-24,27-31H,25-26H2,1-17H3/q+1. The van der Waals surface area contributed by atoms with E-state index in [0.29, 0.717) is 23.7 Å². The molecule has 0 N–H and O–H groups in total. The molecule has 0 saturated carbocycles. The van der Waals surface area contributed by atoms with Gasteiger partial charge >= 0.3 is 0 Å². The van der Waals surface area contributed by atoms with Crippen LogP contribution in [0.1, 0.15) is 169 Å². The van der Waals surface area contributed by atoms with Crippen LogP contribution in [0, 0.1) is 16.7 Å². The molecule has 2 aromatic heterocycles. The lowest BCUT2D eigenvalue weighted by molar-refractivity contribution is -0.744. The third-order valence-electron chi connectivity index (χ3n) is 13.2. The van der Waals surface area contributed by atoms with E-state index in [9.17, 15) is 0 Å². The smallest absolute Gasteiger partial charge is 0.223 e. The van der Waals surface area contributed by atoms with Crippen LogP contribution in [0.25, 0.3) is 38.6 Å². The van der Waals surface area contributed by atoms with E-state index in [-0.39, 0.29) is 21.8 Å². The van der Waals surface area contributed by atoms with Gasteiger partial charge in [0.15, 0.2) is 5.69 Å².